The predicted octanol–water partition coefficient (Wildman–Crippen LogP) is 2.20. The van der Waals surface area contributed by atoms with Crippen LogP contribution in [0, 0.1) is 5.92 Å². The standard InChI is InChI=1S/C13H20N2O/c1-10-5-6-15(11(2)7-10)13-4-3-12(9-16)8-14-13/h3-4,8,10-11,16H,5-7,9H2,1-2H3. The van der Waals surface area contributed by atoms with Gasteiger partial charge >= 0.3 is 0 Å². The van der Waals surface area contributed by atoms with E-state index < -0.39 is 0 Å². The molecule has 0 bridgehead atoms. The highest BCUT2D eigenvalue weighted by Gasteiger charge is 2.23. The highest BCUT2D eigenvalue weighted by molar-refractivity contribution is 5.40. The normalized spacial score (nSPS) is 25.8. The first-order valence-corrected chi connectivity index (χ1v) is 6.03. The molecular formula is C13H20N2O. The van der Waals surface area contributed by atoms with E-state index in [0.717, 1.165) is 23.8 Å². The quantitative estimate of drug-likeness (QED) is 0.830. The zero-order valence-corrected chi connectivity index (χ0v) is 10.1. The molecule has 1 aromatic heterocycles. The number of anilines is 1. The Bertz CT molecular complexity index is 336. The Morgan fingerprint density at radius 2 is 2.25 bits per heavy atom. The molecule has 1 saturated heterocycles. The highest BCUT2D eigenvalue weighted by Crippen LogP contribution is 2.26. The molecule has 2 unspecified atom stereocenters. The summed E-state index contributed by atoms with van der Waals surface area (Å²) in [6.45, 7) is 5.74. The van der Waals surface area contributed by atoms with Crippen LogP contribution in [0.5, 0.6) is 0 Å². The molecule has 0 saturated carbocycles. The van der Waals surface area contributed by atoms with Crippen LogP contribution in [0.1, 0.15) is 32.3 Å². The minimum absolute atomic E-state index is 0.0693. The second-order valence-electron chi connectivity index (χ2n) is 4.85. The van der Waals surface area contributed by atoms with Crippen LogP contribution in [-0.4, -0.2) is 22.7 Å². The third-order valence-corrected chi connectivity index (χ3v) is 3.42. The van der Waals surface area contributed by atoms with Crippen molar-refractivity contribution in [3.8, 4) is 0 Å². The number of piperidine rings is 1. The number of aliphatic hydroxyl groups excluding tert-OH is 1. The molecule has 1 aromatic rings. The van der Waals surface area contributed by atoms with Crippen LogP contribution < -0.4 is 4.90 Å². The fourth-order valence-electron chi connectivity index (χ4n) is 2.43. The molecule has 1 aliphatic rings. The zero-order chi connectivity index (χ0) is 11.5. The van der Waals surface area contributed by atoms with Gasteiger partial charge in [0, 0.05) is 18.8 Å². The van der Waals surface area contributed by atoms with Crippen molar-refractivity contribution < 1.29 is 5.11 Å². The second-order valence-corrected chi connectivity index (χ2v) is 4.85. The van der Waals surface area contributed by atoms with Crippen LogP contribution >= 0.6 is 0 Å². The van der Waals surface area contributed by atoms with Gasteiger partial charge in [0.05, 0.1) is 6.61 Å². The maximum absolute atomic E-state index is 8.97. The molecule has 16 heavy (non-hydrogen) atoms. The number of pyridine rings is 1. The number of nitrogens with zero attached hydrogens (tertiary/aromatic N) is 2. The van der Waals surface area contributed by atoms with Crippen molar-refractivity contribution in [3.05, 3.63) is 23.9 Å². The second kappa shape index (κ2) is 4.83. The number of aromatic nitrogens is 1. The van der Waals surface area contributed by atoms with E-state index in [-0.39, 0.29) is 6.61 Å². The molecule has 2 atom stereocenters. The van der Waals surface area contributed by atoms with Gasteiger partial charge in [-0.15, -0.1) is 0 Å². The van der Waals surface area contributed by atoms with Crippen LogP contribution in [0.3, 0.4) is 0 Å². The topological polar surface area (TPSA) is 36.4 Å². The molecule has 3 nitrogen and oxygen atoms in total. The van der Waals surface area contributed by atoms with Gasteiger partial charge in [-0.2, -0.15) is 0 Å². The van der Waals surface area contributed by atoms with Gasteiger partial charge in [0.15, 0.2) is 0 Å². The van der Waals surface area contributed by atoms with Gasteiger partial charge in [-0.05, 0) is 37.3 Å². The Balaban J connectivity index is 2.11. The molecule has 0 aliphatic carbocycles. The lowest BCUT2D eigenvalue weighted by molar-refractivity contribution is 0.281. The largest absolute Gasteiger partial charge is 0.392 e. The summed E-state index contributed by atoms with van der Waals surface area (Å²) in [5.41, 5.74) is 0.877. The first-order chi connectivity index (χ1) is 7.70. The minimum atomic E-state index is 0.0693. The van der Waals surface area contributed by atoms with E-state index in [1.54, 1.807) is 6.20 Å². The average molecular weight is 220 g/mol. The predicted molar refractivity (Wildman–Crippen MR) is 65.4 cm³/mol. The molecular weight excluding hydrogens is 200 g/mol. The molecule has 0 aromatic carbocycles. The van der Waals surface area contributed by atoms with Gasteiger partial charge in [-0.3, -0.25) is 0 Å². The molecule has 88 valence electrons. The van der Waals surface area contributed by atoms with E-state index in [0.29, 0.717) is 6.04 Å². The Labute approximate surface area is 97.1 Å². The Morgan fingerprint density at radius 1 is 1.44 bits per heavy atom. The van der Waals surface area contributed by atoms with Crippen molar-refractivity contribution in [1.29, 1.82) is 0 Å². The van der Waals surface area contributed by atoms with E-state index >= 15 is 0 Å². The lowest BCUT2D eigenvalue weighted by atomic mass is 9.93. The van der Waals surface area contributed by atoms with E-state index in [9.17, 15) is 0 Å². The smallest absolute Gasteiger partial charge is 0.128 e. The van der Waals surface area contributed by atoms with Crippen molar-refractivity contribution >= 4 is 5.82 Å². The average Bonchev–Trinajstić information content (AvgIpc) is 2.29. The van der Waals surface area contributed by atoms with Crippen molar-refractivity contribution in [2.45, 2.75) is 39.3 Å². The fourth-order valence-corrected chi connectivity index (χ4v) is 2.43. The minimum Gasteiger partial charge on any atom is -0.392 e. The third-order valence-electron chi connectivity index (χ3n) is 3.42. The third kappa shape index (κ3) is 2.35. The van der Waals surface area contributed by atoms with Crippen molar-refractivity contribution in [2.75, 3.05) is 11.4 Å². The molecule has 1 fully saturated rings. The van der Waals surface area contributed by atoms with Gasteiger partial charge < -0.3 is 10.0 Å². The molecule has 2 rings (SSSR count). The summed E-state index contributed by atoms with van der Waals surface area (Å²) >= 11 is 0. The van der Waals surface area contributed by atoms with Gasteiger partial charge in [-0.25, -0.2) is 4.98 Å². The summed E-state index contributed by atoms with van der Waals surface area (Å²) in [5, 5.41) is 8.97. The Hall–Kier alpha value is -1.09. The molecule has 1 aliphatic heterocycles. The fraction of sp³-hybridized carbons (Fsp3) is 0.615. The van der Waals surface area contributed by atoms with Crippen molar-refractivity contribution in [1.82, 2.24) is 4.98 Å². The number of aliphatic hydroxyl groups is 1. The maximum atomic E-state index is 8.97. The summed E-state index contributed by atoms with van der Waals surface area (Å²) in [4.78, 5) is 6.78. The molecule has 1 N–H and O–H groups in total. The van der Waals surface area contributed by atoms with E-state index in [2.05, 4.69) is 23.7 Å². The van der Waals surface area contributed by atoms with Crippen molar-refractivity contribution in [3.63, 3.8) is 0 Å². The highest BCUT2D eigenvalue weighted by atomic mass is 16.3. The first kappa shape index (κ1) is 11.4. The Kier molecular flexibility index (Phi) is 3.44. The van der Waals surface area contributed by atoms with Crippen LogP contribution in [0.2, 0.25) is 0 Å². The summed E-state index contributed by atoms with van der Waals surface area (Å²) in [6.07, 6.45) is 4.25. The van der Waals surface area contributed by atoms with Crippen molar-refractivity contribution in [2.24, 2.45) is 5.92 Å². The molecule has 3 heteroatoms. The summed E-state index contributed by atoms with van der Waals surface area (Å²) < 4.78 is 0. The van der Waals surface area contributed by atoms with Gasteiger partial charge in [0.1, 0.15) is 5.82 Å². The van der Waals surface area contributed by atoms with Crippen LogP contribution in [0.25, 0.3) is 0 Å². The first-order valence-electron chi connectivity index (χ1n) is 6.03. The molecule has 0 radical (unpaired) electrons. The van der Waals surface area contributed by atoms with E-state index in [1.165, 1.54) is 12.8 Å². The molecule has 0 spiro atoms. The zero-order valence-electron chi connectivity index (χ0n) is 10.1. The molecule has 0 amide bonds. The van der Waals surface area contributed by atoms with Crippen LogP contribution in [0.15, 0.2) is 18.3 Å². The van der Waals surface area contributed by atoms with Crippen LogP contribution in [-0.2, 0) is 6.61 Å². The summed E-state index contributed by atoms with van der Waals surface area (Å²) in [7, 11) is 0. The van der Waals surface area contributed by atoms with Crippen LogP contribution in [0.4, 0.5) is 5.82 Å². The maximum Gasteiger partial charge on any atom is 0.128 e. The monoisotopic (exact) mass is 220 g/mol. The Morgan fingerprint density at radius 3 is 2.81 bits per heavy atom. The number of hydrogen-bond donors (Lipinski definition) is 1. The van der Waals surface area contributed by atoms with E-state index in [1.807, 2.05) is 12.1 Å². The van der Waals surface area contributed by atoms with Gasteiger partial charge in [0.25, 0.3) is 0 Å². The lowest BCUT2D eigenvalue weighted by Gasteiger charge is -2.37. The van der Waals surface area contributed by atoms with E-state index in [4.69, 9.17) is 5.11 Å². The molecule has 2 heterocycles. The summed E-state index contributed by atoms with van der Waals surface area (Å²) in [6, 6.07) is 4.53. The SMILES string of the molecule is CC1CCN(c2ccc(CO)cn2)C(C)C1. The number of hydrogen-bond acceptors (Lipinski definition) is 3. The van der Waals surface area contributed by atoms with Gasteiger partial charge in [0.2, 0.25) is 0 Å². The lowest BCUT2D eigenvalue weighted by Crippen LogP contribution is -2.40. The summed E-state index contributed by atoms with van der Waals surface area (Å²) in [5.74, 6) is 1.86. The van der Waals surface area contributed by atoms with Gasteiger partial charge in [-0.1, -0.05) is 13.0 Å². The number of rotatable bonds is 2.